The van der Waals surface area contributed by atoms with E-state index in [1.165, 1.54) is 23.1 Å². The maximum Gasteiger partial charge on any atom is 0.261 e. The normalized spacial score (nSPS) is 16.9. The molecule has 1 saturated carbocycles. The average Bonchev–Trinajstić information content (AvgIpc) is 2.99. The number of amides is 3. The van der Waals surface area contributed by atoms with Crippen LogP contribution < -0.4 is 5.32 Å². The van der Waals surface area contributed by atoms with E-state index in [9.17, 15) is 27.6 Å². The van der Waals surface area contributed by atoms with Gasteiger partial charge in [-0.1, -0.05) is 19.3 Å². The zero-order chi connectivity index (χ0) is 20.7. The third-order valence-electron chi connectivity index (χ3n) is 5.40. The SMILES string of the molecule is O=C(Nc1ccc(F)c(F)c1F)c1ccc2c(c1)C(=O)N(C1CCCCC1)C2=O. The van der Waals surface area contributed by atoms with Crippen molar-refractivity contribution in [3.63, 3.8) is 0 Å². The van der Waals surface area contributed by atoms with E-state index in [0.29, 0.717) is 6.07 Å². The fraction of sp³-hybridized carbons (Fsp3) is 0.286. The number of nitrogens with one attached hydrogen (secondary N) is 1. The first-order valence-corrected chi connectivity index (χ1v) is 9.35. The molecule has 0 radical (unpaired) electrons. The van der Waals surface area contributed by atoms with E-state index in [0.717, 1.165) is 38.2 Å². The molecule has 4 rings (SSSR count). The first-order valence-electron chi connectivity index (χ1n) is 9.35. The molecule has 1 aliphatic carbocycles. The van der Waals surface area contributed by atoms with Gasteiger partial charge in [0.2, 0.25) is 0 Å². The number of anilines is 1. The van der Waals surface area contributed by atoms with Gasteiger partial charge in [-0.3, -0.25) is 19.3 Å². The molecule has 150 valence electrons. The molecule has 8 heteroatoms. The maximum absolute atomic E-state index is 13.8. The minimum atomic E-state index is -1.69. The van der Waals surface area contributed by atoms with E-state index in [2.05, 4.69) is 5.32 Å². The molecule has 1 aliphatic heterocycles. The van der Waals surface area contributed by atoms with Gasteiger partial charge in [-0.2, -0.15) is 0 Å². The summed E-state index contributed by atoms with van der Waals surface area (Å²) in [4.78, 5) is 39.2. The van der Waals surface area contributed by atoms with Crippen LogP contribution in [0.25, 0.3) is 0 Å². The summed E-state index contributed by atoms with van der Waals surface area (Å²) in [6, 6.07) is 5.44. The van der Waals surface area contributed by atoms with E-state index in [-0.39, 0.29) is 28.6 Å². The number of imide groups is 1. The highest BCUT2D eigenvalue weighted by atomic mass is 19.2. The Balaban J connectivity index is 1.59. The third kappa shape index (κ3) is 3.28. The minimum absolute atomic E-state index is 0.000438. The van der Waals surface area contributed by atoms with Crippen LogP contribution in [-0.2, 0) is 0 Å². The van der Waals surface area contributed by atoms with Crippen LogP contribution in [-0.4, -0.2) is 28.7 Å². The standard InChI is InChI=1S/C21H17F3N2O3/c22-15-8-9-16(18(24)17(15)23)25-19(27)11-6-7-13-14(10-11)21(29)26(20(13)28)12-4-2-1-3-5-12/h6-10,12H,1-5H2,(H,25,27). The van der Waals surface area contributed by atoms with E-state index in [1.807, 2.05) is 0 Å². The monoisotopic (exact) mass is 402 g/mol. The van der Waals surface area contributed by atoms with Gasteiger partial charge in [0, 0.05) is 11.6 Å². The van der Waals surface area contributed by atoms with Crippen molar-refractivity contribution in [2.24, 2.45) is 0 Å². The van der Waals surface area contributed by atoms with Crippen molar-refractivity contribution in [3.8, 4) is 0 Å². The van der Waals surface area contributed by atoms with Crippen LogP contribution in [0.1, 0.15) is 63.2 Å². The number of nitrogens with zero attached hydrogens (tertiary/aromatic N) is 1. The van der Waals surface area contributed by atoms with Gasteiger partial charge in [0.1, 0.15) is 0 Å². The van der Waals surface area contributed by atoms with Gasteiger partial charge in [-0.25, -0.2) is 13.2 Å². The van der Waals surface area contributed by atoms with Crippen LogP contribution in [0.15, 0.2) is 30.3 Å². The number of benzene rings is 2. The summed E-state index contributed by atoms with van der Waals surface area (Å²) in [7, 11) is 0. The molecule has 0 spiro atoms. The lowest BCUT2D eigenvalue weighted by Crippen LogP contribution is -2.40. The number of rotatable bonds is 3. The Morgan fingerprint density at radius 2 is 1.59 bits per heavy atom. The molecule has 1 heterocycles. The predicted octanol–water partition coefficient (Wildman–Crippen LogP) is 4.28. The highest BCUT2D eigenvalue weighted by molar-refractivity contribution is 6.22. The van der Waals surface area contributed by atoms with Crippen molar-refractivity contribution in [1.82, 2.24) is 4.90 Å². The first-order chi connectivity index (χ1) is 13.9. The zero-order valence-electron chi connectivity index (χ0n) is 15.3. The largest absolute Gasteiger partial charge is 0.319 e. The second-order valence-electron chi connectivity index (χ2n) is 7.21. The lowest BCUT2D eigenvalue weighted by molar-refractivity contribution is 0.0549. The van der Waals surface area contributed by atoms with E-state index in [1.54, 1.807) is 0 Å². The first kappa shape index (κ1) is 19.2. The minimum Gasteiger partial charge on any atom is -0.319 e. The average molecular weight is 402 g/mol. The predicted molar refractivity (Wildman–Crippen MR) is 98.1 cm³/mol. The number of carbonyl (C=O) groups is 3. The Hall–Kier alpha value is -3.16. The molecule has 3 amide bonds. The molecule has 0 atom stereocenters. The summed E-state index contributed by atoms with van der Waals surface area (Å²) in [5.74, 6) is -6.23. The van der Waals surface area contributed by atoms with Crippen molar-refractivity contribution in [1.29, 1.82) is 0 Å². The lowest BCUT2D eigenvalue weighted by Gasteiger charge is -2.29. The van der Waals surface area contributed by atoms with Crippen LogP contribution in [0.5, 0.6) is 0 Å². The van der Waals surface area contributed by atoms with Gasteiger partial charge in [-0.05, 0) is 43.2 Å². The number of halogens is 3. The van der Waals surface area contributed by atoms with Gasteiger partial charge in [0.25, 0.3) is 17.7 Å². The quantitative estimate of drug-likeness (QED) is 0.616. The van der Waals surface area contributed by atoms with Gasteiger partial charge in [0.15, 0.2) is 17.5 Å². The smallest absolute Gasteiger partial charge is 0.261 e. The van der Waals surface area contributed by atoms with Crippen molar-refractivity contribution in [2.75, 3.05) is 5.32 Å². The second kappa shape index (κ2) is 7.35. The summed E-state index contributed by atoms with van der Waals surface area (Å²) in [5, 5.41) is 2.16. The van der Waals surface area contributed by atoms with E-state index in [4.69, 9.17) is 0 Å². The molecule has 0 unspecified atom stereocenters. The van der Waals surface area contributed by atoms with Crippen molar-refractivity contribution >= 4 is 23.4 Å². The summed E-state index contributed by atoms with van der Waals surface area (Å²) < 4.78 is 40.2. The molecular weight excluding hydrogens is 385 g/mol. The molecule has 2 aromatic rings. The van der Waals surface area contributed by atoms with E-state index < -0.39 is 35.0 Å². The van der Waals surface area contributed by atoms with Crippen LogP contribution in [0.3, 0.4) is 0 Å². The molecule has 0 bridgehead atoms. The van der Waals surface area contributed by atoms with Crippen molar-refractivity contribution in [3.05, 3.63) is 64.5 Å². The van der Waals surface area contributed by atoms with Crippen LogP contribution in [0.2, 0.25) is 0 Å². The van der Waals surface area contributed by atoms with Gasteiger partial charge in [0.05, 0.1) is 16.8 Å². The van der Waals surface area contributed by atoms with E-state index >= 15 is 0 Å². The molecule has 5 nitrogen and oxygen atoms in total. The van der Waals surface area contributed by atoms with Crippen LogP contribution >= 0.6 is 0 Å². The topological polar surface area (TPSA) is 66.5 Å². The summed E-state index contributed by atoms with van der Waals surface area (Å²) in [6.07, 6.45) is 4.49. The van der Waals surface area contributed by atoms with Gasteiger partial charge in [-0.15, -0.1) is 0 Å². The molecule has 1 fully saturated rings. The van der Waals surface area contributed by atoms with Gasteiger partial charge >= 0.3 is 0 Å². The fourth-order valence-corrected chi connectivity index (χ4v) is 3.89. The number of carbonyl (C=O) groups excluding carboxylic acids is 3. The molecule has 2 aliphatic rings. The summed E-state index contributed by atoms with van der Waals surface area (Å²) >= 11 is 0. The Kier molecular flexibility index (Phi) is 4.86. The van der Waals surface area contributed by atoms with Crippen LogP contribution in [0.4, 0.5) is 18.9 Å². The summed E-state index contributed by atoms with van der Waals surface area (Å²) in [5.41, 5.74) is -0.199. The Bertz CT molecular complexity index is 1030. The molecule has 2 aromatic carbocycles. The second-order valence-corrected chi connectivity index (χ2v) is 7.21. The zero-order valence-corrected chi connectivity index (χ0v) is 15.3. The fourth-order valence-electron chi connectivity index (χ4n) is 3.89. The molecular formula is C21H17F3N2O3. The van der Waals surface area contributed by atoms with Crippen molar-refractivity contribution < 1.29 is 27.6 Å². The van der Waals surface area contributed by atoms with Crippen molar-refractivity contribution in [2.45, 2.75) is 38.1 Å². The molecule has 0 saturated heterocycles. The molecule has 29 heavy (non-hydrogen) atoms. The number of fused-ring (bicyclic) bond motifs is 1. The molecule has 0 aromatic heterocycles. The Morgan fingerprint density at radius 1 is 0.897 bits per heavy atom. The number of hydrogen-bond acceptors (Lipinski definition) is 3. The third-order valence-corrected chi connectivity index (χ3v) is 5.40. The highest BCUT2D eigenvalue weighted by Crippen LogP contribution is 2.31. The summed E-state index contributed by atoms with van der Waals surface area (Å²) in [6.45, 7) is 0. The Morgan fingerprint density at radius 3 is 2.31 bits per heavy atom. The number of hydrogen-bond donors (Lipinski definition) is 1. The highest BCUT2D eigenvalue weighted by Gasteiger charge is 2.40. The Labute approximate surface area is 164 Å². The maximum atomic E-state index is 13.8. The lowest BCUT2D eigenvalue weighted by atomic mass is 9.94. The van der Waals surface area contributed by atoms with Gasteiger partial charge < -0.3 is 5.32 Å². The molecule has 1 N–H and O–H groups in total. The van der Waals surface area contributed by atoms with Crippen LogP contribution in [0, 0.1) is 17.5 Å².